The van der Waals surface area contributed by atoms with Gasteiger partial charge in [0.15, 0.2) is 0 Å². The summed E-state index contributed by atoms with van der Waals surface area (Å²) in [7, 11) is 1.72. The fraction of sp³-hybridized carbons (Fsp3) is 0.591. The van der Waals surface area contributed by atoms with Crippen molar-refractivity contribution in [1.29, 1.82) is 0 Å². The molecule has 0 atom stereocenters. The molecule has 1 N–H and O–H groups in total. The number of rotatable bonds is 5. The van der Waals surface area contributed by atoms with Crippen molar-refractivity contribution in [3.05, 3.63) is 47.5 Å². The molecule has 7 nitrogen and oxygen atoms in total. The van der Waals surface area contributed by atoms with Crippen molar-refractivity contribution in [2.45, 2.75) is 51.6 Å². The van der Waals surface area contributed by atoms with E-state index in [-0.39, 0.29) is 6.03 Å². The van der Waals surface area contributed by atoms with Gasteiger partial charge in [-0.15, -0.1) is 10.2 Å². The number of aromatic nitrogens is 3. The lowest BCUT2D eigenvalue weighted by atomic mass is 9.73. The van der Waals surface area contributed by atoms with Crippen molar-refractivity contribution in [1.82, 2.24) is 25.0 Å². The largest absolute Gasteiger partial charge is 0.384 e. The van der Waals surface area contributed by atoms with Gasteiger partial charge in [-0.3, -0.25) is 0 Å². The summed E-state index contributed by atoms with van der Waals surface area (Å²) in [5.41, 5.74) is 1.44. The summed E-state index contributed by atoms with van der Waals surface area (Å²) in [5, 5.41) is 11.9. The molecular weight excluding hydrogens is 366 g/mol. The molecular formula is C22H31N5O2. The highest BCUT2D eigenvalue weighted by Gasteiger charge is 2.37. The van der Waals surface area contributed by atoms with Gasteiger partial charge in [-0.2, -0.15) is 0 Å². The zero-order valence-corrected chi connectivity index (χ0v) is 17.3. The van der Waals surface area contributed by atoms with Gasteiger partial charge in [0, 0.05) is 46.1 Å². The monoisotopic (exact) mass is 397 g/mol. The molecule has 1 spiro atoms. The van der Waals surface area contributed by atoms with Crippen LogP contribution in [0.5, 0.6) is 0 Å². The predicted octanol–water partition coefficient (Wildman–Crippen LogP) is 2.80. The molecule has 1 aromatic carbocycles. The quantitative estimate of drug-likeness (QED) is 0.842. The van der Waals surface area contributed by atoms with Crippen molar-refractivity contribution in [3.8, 4) is 0 Å². The molecule has 0 aliphatic carbocycles. The van der Waals surface area contributed by atoms with Gasteiger partial charge in [-0.25, -0.2) is 4.79 Å². The standard InChI is InChI=1S/C22H31N5O2/c1-29-16-8-20-25-24-19-7-9-22(12-15-27(19)20)10-13-26(14-11-22)21(28)23-17-18-5-3-2-4-6-18/h2-6H,7-17H2,1H3,(H,23,28). The van der Waals surface area contributed by atoms with E-state index in [0.29, 0.717) is 18.6 Å². The van der Waals surface area contributed by atoms with Crippen LogP contribution in [0.1, 0.15) is 42.9 Å². The number of urea groups is 1. The van der Waals surface area contributed by atoms with Crippen molar-refractivity contribution < 1.29 is 9.53 Å². The van der Waals surface area contributed by atoms with Crippen molar-refractivity contribution >= 4 is 6.03 Å². The molecule has 7 heteroatoms. The summed E-state index contributed by atoms with van der Waals surface area (Å²) in [4.78, 5) is 14.5. The van der Waals surface area contributed by atoms with E-state index in [1.807, 2.05) is 35.2 Å². The number of nitrogens with zero attached hydrogens (tertiary/aromatic N) is 4. The molecule has 0 unspecified atom stereocenters. The average molecular weight is 398 g/mol. The third kappa shape index (κ3) is 4.61. The topological polar surface area (TPSA) is 72.3 Å². The maximum absolute atomic E-state index is 12.6. The Kier molecular flexibility index (Phi) is 6.13. The number of methoxy groups -OCH3 is 1. The minimum absolute atomic E-state index is 0.0521. The Hall–Kier alpha value is -2.41. The van der Waals surface area contributed by atoms with Gasteiger partial charge in [0.25, 0.3) is 0 Å². The highest BCUT2D eigenvalue weighted by atomic mass is 16.5. The summed E-state index contributed by atoms with van der Waals surface area (Å²) < 4.78 is 7.50. The molecule has 3 heterocycles. The zero-order valence-electron chi connectivity index (χ0n) is 17.3. The van der Waals surface area contributed by atoms with Crippen LogP contribution < -0.4 is 5.32 Å². The van der Waals surface area contributed by atoms with Gasteiger partial charge in [-0.05, 0) is 36.7 Å². The van der Waals surface area contributed by atoms with Crippen LogP contribution in [0.2, 0.25) is 0 Å². The second-order valence-corrected chi connectivity index (χ2v) is 8.31. The van der Waals surface area contributed by atoms with Gasteiger partial charge >= 0.3 is 6.03 Å². The van der Waals surface area contributed by atoms with E-state index >= 15 is 0 Å². The fourth-order valence-electron chi connectivity index (χ4n) is 4.61. The second-order valence-electron chi connectivity index (χ2n) is 8.31. The number of likely N-dealkylation sites (tertiary alicyclic amines) is 1. The predicted molar refractivity (Wildman–Crippen MR) is 110 cm³/mol. The summed E-state index contributed by atoms with van der Waals surface area (Å²) in [6.07, 6.45) is 6.19. The van der Waals surface area contributed by atoms with Crippen molar-refractivity contribution in [2.75, 3.05) is 26.8 Å². The number of piperidine rings is 1. The van der Waals surface area contributed by atoms with Crippen molar-refractivity contribution in [2.24, 2.45) is 5.41 Å². The molecule has 1 saturated heterocycles. The smallest absolute Gasteiger partial charge is 0.317 e. The van der Waals surface area contributed by atoms with Crippen LogP contribution in [0.3, 0.4) is 0 Å². The Bertz CT molecular complexity index is 812. The number of hydrogen-bond donors (Lipinski definition) is 1. The number of amides is 2. The number of nitrogens with one attached hydrogen (secondary N) is 1. The second kappa shape index (κ2) is 8.95. The summed E-state index contributed by atoms with van der Waals surface area (Å²) in [6.45, 7) is 3.90. The first-order valence-corrected chi connectivity index (χ1v) is 10.7. The average Bonchev–Trinajstić information content (AvgIpc) is 3.07. The first kappa shape index (κ1) is 19.9. The van der Waals surface area contributed by atoms with Crippen LogP contribution >= 0.6 is 0 Å². The molecule has 156 valence electrons. The van der Waals surface area contributed by atoms with E-state index in [1.165, 1.54) is 0 Å². The lowest BCUT2D eigenvalue weighted by Gasteiger charge is -2.41. The molecule has 2 aromatic rings. The van der Waals surface area contributed by atoms with Crippen LogP contribution in [0.15, 0.2) is 30.3 Å². The Labute approximate surface area is 172 Å². The summed E-state index contributed by atoms with van der Waals surface area (Å²) in [5.74, 6) is 2.15. The Morgan fingerprint density at radius 1 is 1.10 bits per heavy atom. The molecule has 1 fully saturated rings. The third-order valence-electron chi connectivity index (χ3n) is 6.58. The number of aryl methyl sites for hydroxylation is 1. The SMILES string of the molecule is COCCc1nnc2n1CCC1(CC2)CCN(C(=O)NCc2ccccc2)CC1. The maximum Gasteiger partial charge on any atom is 0.317 e. The summed E-state index contributed by atoms with van der Waals surface area (Å²) in [6, 6.07) is 10.1. The van der Waals surface area contributed by atoms with E-state index in [9.17, 15) is 4.79 Å². The van der Waals surface area contributed by atoms with E-state index < -0.39 is 0 Å². The third-order valence-corrected chi connectivity index (χ3v) is 6.58. The lowest BCUT2D eigenvalue weighted by Crippen LogP contribution is -2.47. The van der Waals surface area contributed by atoms with Crippen LogP contribution in [-0.4, -0.2) is 52.5 Å². The fourth-order valence-corrected chi connectivity index (χ4v) is 4.61. The first-order valence-electron chi connectivity index (χ1n) is 10.7. The molecule has 4 rings (SSSR count). The van der Waals surface area contributed by atoms with E-state index in [0.717, 1.165) is 75.4 Å². The van der Waals surface area contributed by atoms with Crippen LogP contribution in [0.25, 0.3) is 0 Å². The van der Waals surface area contributed by atoms with Crippen molar-refractivity contribution in [3.63, 3.8) is 0 Å². The minimum Gasteiger partial charge on any atom is -0.384 e. The number of benzene rings is 1. The number of ether oxygens (including phenoxy) is 1. The zero-order chi connectivity index (χ0) is 20.1. The van der Waals surface area contributed by atoms with Gasteiger partial charge in [0.05, 0.1) is 6.61 Å². The first-order chi connectivity index (χ1) is 14.2. The van der Waals surface area contributed by atoms with E-state index in [4.69, 9.17) is 4.74 Å². The van der Waals surface area contributed by atoms with Gasteiger partial charge in [0.2, 0.25) is 0 Å². The number of hydrogen-bond acceptors (Lipinski definition) is 4. The molecule has 0 saturated carbocycles. The normalized spacial score (nSPS) is 18.3. The van der Waals surface area contributed by atoms with E-state index in [2.05, 4.69) is 20.1 Å². The Balaban J connectivity index is 1.29. The molecule has 2 amide bonds. The number of carbonyl (C=O) groups excluding carboxylic acids is 1. The van der Waals surface area contributed by atoms with Crippen LogP contribution in [-0.2, 0) is 30.7 Å². The van der Waals surface area contributed by atoms with Gasteiger partial charge < -0.3 is 19.5 Å². The summed E-state index contributed by atoms with van der Waals surface area (Å²) >= 11 is 0. The Morgan fingerprint density at radius 3 is 2.62 bits per heavy atom. The molecule has 29 heavy (non-hydrogen) atoms. The maximum atomic E-state index is 12.6. The van der Waals surface area contributed by atoms with Gasteiger partial charge in [-0.1, -0.05) is 30.3 Å². The molecule has 2 aliphatic heterocycles. The number of fused-ring (bicyclic) bond motifs is 1. The molecule has 0 radical (unpaired) electrons. The molecule has 0 bridgehead atoms. The van der Waals surface area contributed by atoms with E-state index in [1.54, 1.807) is 7.11 Å². The lowest BCUT2D eigenvalue weighted by molar-refractivity contribution is 0.100. The minimum atomic E-state index is 0.0521. The highest BCUT2D eigenvalue weighted by molar-refractivity contribution is 5.74. The Morgan fingerprint density at radius 2 is 1.86 bits per heavy atom. The highest BCUT2D eigenvalue weighted by Crippen LogP contribution is 2.41. The molecule has 2 aliphatic rings. The molecule has 1 aromatic heterocycles. The van der Waals surface area contributed by atoms with Gasteiger partial charge in [0.1, 0.15) is 11.6 Å². The number of carbonyl (C=O) groups is 1. The van der Waals surface area contributed by atoms with Crippen LogP contribution in [0, 0.1) is 5.41 Å². The van der Waals surface area contributed by atoms with Crippen LogP contribution in [0.4, 0.5) is 4.79 Å².